The van der Waals surface area contributed by atoms with Gasteiger partial charge in [0, 0.05) is 6.20 Å². The Morgan fingerprint density at radius 2 is 2.21 bits per heavy atom. The first-order chi connectivity index (χ1) is 9.13. The molecule has 0 saturated carbocycles. The lowest BCUT2D eigenvalue weighted by molar-refractivity contribution is 0.102. The molecule has 0 saturated heterocycles. The van der Waals surface area contributed by atoms with Gasteiger partial charge >= 0.3 is 0 Å². The molecule has 0 aliphatic heterocycles. The van der Waals surface area contributed by atoms with Crippen LogP contribution in [0.4, 0.5) is 15.8 Å². The van der Waals surface area contributed by atoms with Crippen molar-refractivity contribution in [2.45, 2.75) is 0 Å². The minimum atomic E-state index is -0.692. The van der Waals surface area contributed by atoms with E-state index in [1.807, 2.05) is 0 Å². The highest BCUT2D eigenvalue weighted by Crippen LogP contribution is 2.19. The number of aromatic nitrogens is 1. The first-order valence-electron chi connectivity index (χ1n) is 5.33. The number of halogens is 1. The number of hydrogen-bond donors (Lipinski definition) is 2. The summed E-state index contributed by atoms with van der Waals surface area (Å²) in [5.41, 5.74) is 5.91. The van der Waals surface area contributed by atoms with Gasteiger partial charge in [-0.3, -0.25) is 9.78 Å². The number of nitrogen functional groups attached to an aromatic ring is 1. The fourth-order valence-corrected chi connectivity index (χ4v) is 1.55. The molecule has 2 rings (SSSR count). The zero-order valence-electron chi connectivity index (χ0n) is 9.72. The van der Waals surface area contributed by atoms with Gasteiger partial charge < -0.3 is 11.1 Å². The molecule has 3 N–H and O–H groups in total. The first-order valence-corrected chi connectivity index (χ1v) is 5.33. The van der Waals surface area contributed by atoms with Crippen molar-refractivity contribution >= 4 is 17.3 Å². The van der Waals surface area contributed by atoms with Crippen molar-refractivity contribution in [2.75, 3.05) is 11.1 Å². The smallest absolute Gasteiger partial charge is 0.257 e. The van der Waals surface area contributed by atoms with E-state index < -0.39 is 11.7 Å². The number of carbonyl (C=O) groups is 1. The molecule has 5 nitrogen and oxygen atoms in total. The van der Waals surface area contributed by atoms with Gasteiger partial charge in [0.05, 0.1) is 23.1 Å². The number of nitrogens with one attached hydrogen (secondary N) is 1. The van der Waals surface area contributed by atoms with Crippen LogP contribution < -0.4 is 11.1 Å². The van der Waals surface area contributed by atoms with E-state index in [2.05, 4.69) is 10.3 Å². The third kappa shape index (κ3) is 2.50. The molecule has 0 fully saturated rings. The van der Waals surface area contributed by atoms with Gasteiger partial charge in [-0.1, -0.05) is 6.07 Å². The van der Waals surface area contributed by atoms with Crippen LogP contribution in [-0.2, 0) is 0 Å². The lowest BCUT2D eigenvalue weighted by atomic mass is 10.1. The van der Waals surface area contributed by atoms with Crippen LogP contribution in [0.2, 0.25) is 0 Å². The Hall–Kier alpha value is -2.94. The van der Waals surface area contributed by atoms with Crippen molar-refractivity contribution in [1.82, 2.24) is 4.98 Å². The molecule has 0 unspecified atom stereocenters. The fraction of sp³-hybridized carbons (Fsp3) is 0. The predicted molar refractivity (Wildman–Crippen MR) is 67.7 cm³/mol. The van der Waals surface area contributed by atoms with Crippen LogP contribution in [0.1, 0.15) is 15.9 Å². The first kappa shape index (κ1) is 12.5. The van der Waals surface area contributed by atoms with E-state index in [1.54, 1.807) is 6.07 Å². The van der Waals surface area contributed by atoms with Gasteiger partial charge in [0.1, 0.15) is 17.4 Å². The summed E-state index contributed by atoms with van der Waals surface area (Å²) in [5, 5.41) is 11.3. The highest BCUT2D eigenvalue weighted by Gasteiger charge is 2.13. The van der Waals surface area contributed by atoms with Gasteiger partial charge in [-0.05, 0) is 18.2 Å². The van der Waals surface area contributed by atoms with Crippen molar-refractivity contribution in [1.29, 1.82) is 5.26 Å². The second-order valence-electron chi connectivity index (χ2n) is 3.69. The molecule has 2 aromatic rings. The number of nitrogens with zero attached hydrogens (tertiary/aromatic N) is 2. The largest absolute Gasteiger partial charge is 0.397 e. The average Bonchev–Trinajstić information content (AvgIpc) is 2.39. The van der Waals surface area contributed by atoms with E-state index in [4.69, 9.17) is 11.0 Å². The number of nitrogens with two attached hydrogens (primary N) is 1. The van der Waals surface area contributed by atoms with E-state index in [1.165, 1.54) is 30.6 Å². The Bertz CT molecular complexity index is 679. The Kier molecular flexibility index (Phi) is 3.39. The van der Waals surface area contributed by atoms with Crippen LogP contribution in [0.5, 0.6) is 0 Å². The fourth-order valence-electron chi connectivity index (χ4n) is 1.55. The van der Waals surface area contributed by atoms with Crippen LogP contribution in [-0.4, -0.2) is 10.9 Å². The zero-order valence-corrected chi connectivity index (χ0v) is 9.72. The van der Waals surface area contributed by atoms with Gasteiger partial charge in [0.15, 0.2) is 0 Å². The molecule has 1 amide bonds. The molecule has 1 heterocycles. The van der Waals surface area contributed by atoms with Gasteiger partial charge in [-0.25, -0.2) is 4.39 Å². The summed E-state index contributed by atoms with van der Waals surface area (Å²) in [5.74, 6) is -1.22. The maximum absolute atomic E-state index is 13.4. The zero-order chi connectivity index (χ0) is 13.8. The van der Waals surface area contributed by atoms with Crippen molar-refractivity contribution < 1.29 is 9.18 Å². The predicted octanol–water partition coefficient (Wildman–Crippen LogP) is 1.93. The SMILES string of the molecule is N#Cc1c(F)cccc1NC(=O)c1ccncc1N. The van der Waals surface area contributed by atoms with E-state index in [0.29, 0.717) is 0 Å². The van der Waals surface area contributed by atoms with Crippen molar-refractivity contribution in [2.24, 2.45) is 0 Å². The monoisotopic (exact) mass is 256 g/mol. The molecule has 1 aromatic heterocycles. The van der Waals surface area contributed by atoms with Crippen LogP contribution in [0, 0.1) is 17.1 Å². The maximum atomic E-state index is 13.4. The number of carbonyl (C=O) groups excluding carboxylic acids is 1. The summed E-state index contributed by atoms with van der Waals surface area (Å²) >= 11 is 0. The molecule has 0 aliphatic rings. The van der Waals surface area contributed by atoms with Gasteiger partial charge in [-0.2, -0.15) is 5.26 Å². The van der Waals surface area contributed by atoms with E-state index >= 15 is 0 Å². The summed E-state index contributed by atoms with van der Waals surface area (Å²) in [4.78, 5) is 15.7. The summed E-state index contributed by atoms with van der Waals surface area (Å²) in [6.07, 6.45) is 2.76. The molecule has 0 atom stereocenters. The van der Waals surface area contributed by atoms with E-state index in [-0.39, 0.29) is 22.5 Å². The maximum Gasteiger partial charge on any atom is 0.257 e. The third-order valence-electron chi connectivity index (χ3n) is 2.47. The van der Waals surface area contributed by atoms with Crippen LogP contribution in [0.25, 0.3) is 0 Å². The number of pyridine rings is 1. The third-order valence-corrected chi connectivity index (χ3v) is 2.47. The topological polar surface area (TPSA) is 91.8 Å². The minimum absolute atomic E-state index is 0.101. The number of anilines is 2. The molecule has 19 heavy (non-hydrogen) atoms. The highest BCUT2D eigenvalue weighted by atomic mass is 19.1. The lowest BCUT2D eigenvalue weighted by Crippen LogP contribution is -2.15. The van der Waals surface area contributed by atoms with Gasteiger partial charge in [0.25, 0.3) is 5.91 Å². The Labute approximate surface area is 108 Å². The molecule has 0 bridgehead atoms. The molecule has 0 spiro atoms. The average molecular weight is 256 g/mol. The second kappa shape index (κ2) is 5.14. The summed E-state index contributed by atoms with van der Waals surface area (Å²) in [6.45, 7) is 0. The Balaban J connectivity index is 2.33. The number of rotatable bonds is 2. The van der Waals surface area contributed by atoms with Crippen molar-refractivity contribution in [3.63, 3.8) is 0 Å². The molecule has 94 valence electrons. The number of nitriles is 1. The number of benzene rings is 1. The van der Waals surface area contributed by atoms with Crippen LogP contribution in [0.15, 0.2) is 36.7 Å². The molecule has 0 radical (unpaired) electrons. The quantitative estimate of drug-likeness (QED) is 0.858. The van der Waals surface area contributed by atoms with Gasteiger partial charge in [-0.15, -0.1) is 0 Å². The van der Waals surface area contributed by atoms with Crippen molar-refractivity contribution in [3.8, 4) is 6.07 Å². The lowest BCUT2D eigenvalue weighted by Gasteiger charge is -2.08. The molecule has 6 heteroatoms. The van der Waals surface area contributed by atoms with Crippen LogP contribution in [0.3, 0.4) is 0 Å². The Morgan fingerprint density at radius 1 is 1.42 bits per heavy atom. The normalized spacial score (nSPS) is 9.68. The van der Waals surface area contributed by atoms with E-state index in [0.717, 1.165) is 6.07 Å². The van der Waals surface area contributed by atoms with Crippen LogP contribution >= 0.6 is 0 Å². The Morgan fingerprint density at radius 3 is 2.89 bits per heavy atom. The van der Waals surface area contributed by atoms with E-state index in [9.17, 15) is 9.18 Å². The molecular weight excluding hydrogens is 247 g/mol. The summed E-state index contributed by atoms with van der Waals surface area (Å²) < 4.78 is 13.4. The minimum Gasteiger partial charge on any atom is -0.397 e. The summed E-state index contributed by atoms with van der Waals surface area (Å²) in [6, 6.07) is 7.14. The molecular formula is C13H9FN4O. The molecule has 0 aliphatic carbocycles. The standard InChI is InChI=1S/C13H9FN4O/c14-10-2-1-3-12(9(10)6-15)18-13(19)8-4-5-17-7-11(8)16/h1-5,7H,16H2,(H,18,19). The van der Waals surface area contributed by atoms with Crippen molar-refractivity contribution in [3.05, 3.63) is 53.6 Å². The van der Waals surface area contributed by atoms with Gasteiger partial charge in [0.2, 0.25) is 0 Å². The summed E-state index contributed by atoms with van der Waals surface area (Å²) in [7, 11) is 0. The molecule has 1 aromatic carbocycles. The number of amides is 1. The number of hydrogen-bond acceptors (Lipinski definition) is 4. The highest BCUT2D eigenvalue weighted by molar-refractivity contribution is 6.08. The second-order valence-corrected chi connectivity index (χ2v) is 3.69.